The number of carboxylic acid groups (broad SMARTS) is 2. The monoisotopic (exact) mass is 506 g/mol. The van der Waals surface area contributed by atoms with Crippen molar-refractivity contribution in [2.24, 2.45) is 17.2 Å². The molecule has 15 nitrogen and oxygen atoms in total. The number of aliphatic carboxylic acids is 2. The third-order valence-electron chi connectivity index (χ3n) is 4.43. The molecule has 5 amide bonds. The molecule has 0 spiro atoms. The van der Waals surface area contributed by atoms with Gasteiger partial charge in [0, 0.05) is 25.0 Å². The van der Waals surface area contributed by atoms with Gasteiger partial charge in [-0.15, -0.1) is 0 Å². The van der Waals surface area contributed by atoms with Gasteiger partial charge in [-0.25, -0.2) is 4.79 Å². The van der Waals surface area contributed by atoms with Gasteiger partial charge in [-0.1, -0.05) is 0 Å². The van der Waals surface area contributed by atoms with Crippen LogP contribution in [-0.2, 0) is 33.6 Å². The number of hydrogen-bond donors (Lipinski definition) is 9. The number of carbonyl (C=O) groups is 7. The molecule has 0 aliphatic heterocycles. The van der Waals surface area contributed by atoms with E-state index in [2.05, 4.69) is 28.6 Å². The van der Waals surface area contributed by atoms with Crippen molar-refractivity contribution in [2.45, 2.75) is 62.7 Å². The summed E-state index contributed by atoms with van der Waals surface area (Å²) in [6.45, 7) is 0. The highest BCUT2D eigenvalue weighted by Gasteiger charge is 2.30. The summed E-state index contributed by atoms with van der Waals surface area (Å²) in [6, 6.07) is -5.45. The molecule has 0 fully saturated rings. The van der Waals surface area contributed by atoms with Crippen molar-refractivity contribution >= 4 is 54.1 Å². The summed E-state index contributed by atoms with van der Waals surface area (Å²) in [6.07, 6.45) is -1.85. The Bertz CT molecular complexity index is 794. The number of nitrogens with two attached hydrogens (primary N) is 3. The van der Waals surface area contributed by atoms with Crippen LogP contribution in [0.5, 0.6) is 0 Å². The highest BCUT2D eigenvalue weighted by atomic mass is 32.1. The van der Waals surface area contributed by atoms with Crippen LogP contribution >= 0.6 is 12.6 Å². The van der Waals surface area contributed by atoms with Crippen LogP contribution in [0.15, 0.2) is 0 Å². The average Bonchev–Trinajstić information content (AvgIpc) is 2.74. The first-order valence-electron chi connectivity index (χ1n) is 10.1. The van der Waals surface area contributed by atoms with Crippen molar-refractivity contribution < 1.29 is 43.8 Å². The summed E-state index contributed by atoms with van der Waals surface area (Å²) in [7, 11) is 0. The minimum atomic E-state index is -1.52. The Kier molecular flexibility index (Phi) is 13.9. The summed E-state index contributed by atoms with van der Waals surface area (Å²) in [5.41, 5.74) is 15.6. The number of primary amides is 2. The Morgan fingerprint density at radius 2 is 1.12 bits per heavy atom. The maximum atomic E-state index is 12.6. The lowest BCUT2D eigenvalue weighted by Gasteiger charge is -2.24. The zero-order valence-electron chi connectivity index (χ0n) is 18.2. The number of thiol groups is 1. The van der Waals surface area contributed by atoms with Crippen molar-refractivity contribution in [3.63, 3.8) is 0 Å². The zero-order valence-corrected chi connectivity index (χ0v) is 19.1. The highest BCUT2D eigenvalue weighted by molar-refractivity contribution is 7.80. The van der Waals surface area contributed by atoms with Gasteiger partial charge in [-0.2, -0.15) is 12.6 Å². The van der Waals surface area contributed by atoms with Gasteiger partial charge in [0.25, 0.3) is 0 Å². The number of carboxylic acids is 2. The molecule has 192 valence electrons. The minimum Gasteiger partial charge on any atom is -0.481 e. The molecule has 4 atom stereocenters. The van der Waals surface area contributed by atoms with Crippen LogP contribution in [0.4, 0.5) is 0 Å². The quantitative estimate of drug-likeness (QED) is 0.0867. The van der Waals surface area contributed by atoms with Gasteiger partial charge in [-0.05, 0) is 19.3 Å². The Labute approximate surface area is 199 Å². The summed E-state index contributed by atoms with van der Waals surface area (Å²) < 4.78 is 0. The van der Waals surface area contributed by atoms with Crippen LogP contribution in [0, 0.1) is 0 Å². The standard InChI is InChI=1S/C18H30N6O9S/c19-8(1-4-12(20)25)15(29)24-11(7-34)17(31)22-9(3-6-14(27)28)16(30)23-10(18(32)33)2-5-13(21)26/h8-11,34H,1-7,19H2,(H2,20,25)(H2,21,26)(H,22,31)(H,23,30)(H,24,29)(H,27,28)(H,32,33). The molecule has 0 aliphatic carbocycles. The number of amides is 5. The molecule has 0 aromatic carbocycles. The lowest BCUT2D eigenvalue weighted by Crippen LogP contribution is -2.57. The van der Waals surface area contributed by atoms with E-state index in [9.17, 15) is 38.7 Å². The molecule has 0 bridgehead atoms. The lowest BCUT2D eigenvalue weighted by molar-refractivity contribution is -0.143. The van der Waals surface area contributed by atoms with Gasteiger partial charge in [0.15, 0.2) is 0 Å². The van der Waals surface area contributed by atoms with Crippen LogP contribution in [0.25, 0.3) is 0 Å². The molecular weight excluding hydrogens is 476 g/mol. The van der Waals surface area contributed by atoms with E-state index in [1.807, 2.05) is 0 Å². The molecule has 0 heterocycles. The predicted octanol–water partition coefficient (Wildman–Crippen LogP) is -3.82. The van der Waals surface area contributed by atoms with E-state index < -0.39 is 78.5 Å². The van der Waals surface area contributed by atoms with Crippen LogP contribution in [0.1, 0.15) is 38.5 Å². The molecule has 0 aromatic rings. The molecule has 0 rings (SSSR count). The number of nitrogens with one attached hydrogen (secondary N) is 3. The van der Waals surface area contributed by atoms with E-state index in [-0.39, 0.29) is 31.4 Å². The van der Waals surface area contributed by atoms with Crippen molar-refractivity contribution in [3.05, 3.63) is 0 Å². The van der Waals surface area contributed by atoms with E-state index in [0.29, 0.717) is 0 Å². The molecule has 4 unspecified atom stereocenters. The van der Waals surface area contributed by atoms with Crippen LogP contribution in [-0.4, -0.2) is 81.6 Å². The van der Waals surface area contributed by atoms with E-state index in [4.69, 9.17) is 22.3 Å². The van der Waals surface area contributed by atoms with Crippen molar-refractivity contribution in [1.29, 1.82) is 0 Å². The van der Waals surface area contributed by atoms with Gasteiger partial charge >= 0.3 is 11.9 Å². The zero-order chi connectivity index (χ0) is 26.4. The van der Waals surface area contributed by atoms with Crippen molar-refractivity contribution in [3.8, 4) is 0 Å². The Morgan fingerprint density at radius 3 is 1.59 bits per heavy atom. The molecule has 0 radical (unpaired) electrons. The highest BCUT2D eigenvalue weighted by Crippen LogP contribution is 2.04. The Morgan fingerprint density at radius 1 is 0.676 bits per heavy atom. The maximum absolute atomic E-state index is 12.6. The molecular formula is C18H30N6O9S. The van der Waals surface area contributed by atoms with Crippen LogP contribution in [0.3, 0.4) is 0 Å². The second kappa shape index (κ2) is 15.4. The third kappa shape index (κ3) is 12.6. The molecule has 0 saturated heterocycles. The summed E-state index contributed by atoms with van der Waals surface area (Å²) >= 11 is 3.96. The average molecular weight is 507 g/mol. The Balaban J connectivity index is 5.32. The van der Waals surface area contributed by atoms with E-state index in [0.717, 1.165) is 0 Å². The van der Waals surface area contributed by atoms with Gasteiger partial charge in [0.1, 0.15) is 18.1 Å². The fourth-order valence-corrected chi connectivity index (χ4v) is 2.78. The van der Waals surface area contributed by atoms with Crippen molar-refractivity contribution in [2.75, 3.05) is 5.75 Å². The van der Waals surface area contributed by atoms with Gasteiger partial charge in [0.05, 0.1) is 6.04 Å². The predicted molar refractivity (Wildman–Crippen MR) is 119 cm³/mol. The number of rotatable bonds is 17. The molecule has 16 heteroatoms. The van der Waals surface area contributed by atoms with Crippen molar-refractivity contribution in [1.82, 2.24) is 16.0 Å². The maximum Gasteiger partial charge on any atom is 0.326 e. The first-order valence-corrected chi connectivity index (χ1v) is 10.7. The van der Waals surface area contributed by atoms with Crippen LogP contribution in [0.2, 0.25) is 0 Å². The topological polar surface area (TPSA) is 274 Å². The smallest absolute Gasteiger partial charge is 0.326 e. The van der Waals surface area contributed by atoms with E-state index in [1.165, 1.54) is 0 Å². The molecule has 0 aliphatic rings. The SMILES string of the molecule is NC(=O)CCC(N)C(=O)NC(CS)C(=O)NC(CCC(=O)O)C(=O)NC(CCC(N)=O)C(=O)O. The van der Waals surface area contributed by atoms with Gasteiger partial charge < -0.3 is 43.4 Å². The van der Waals surface area contributed by atoms with Gasteiger partial charge in [0.2, 0.25) is 29.5 Å². The normalized spacial score (nSPS) is 14.1. The first-order chi connectivity index (χ1) is 15.8. The lowest BCUT2D eigenvalue weighted by atomic mass is 10.1. The van der Waals surface area contributed by atoms with E-state index in [1.54, 1.807) is 0 Å². The molecule has 0 saturated carbocycles. The summed E-state index contributed by atoms with van der Waals surface area (Å²) in [4.78, 5) is 81.3. The molecule has 34 heavy (non-hydrogen) atoms. The second-order valence-corrected chi connectivity index (χ2v) is 7.62. The number of hydrogen-bond acceptors (Lipinski definition) is 9. The Hall–Kier alpha value is -3.40. The summed E-state index contributed by atoms with van der Waals surface area (Å²) in [5, 5.41) is 24.8. The fraction of sp³-hybridized carbons (Fsp3) is 0.611. The first kappa shape index (κ1) is 30.6. The second-order valence-electron chi connectivity index (χ2n) is 7.25. The third-order valence-corrected chi connectivity index (χ3v) is 4.79. The van der Waals surface area contributed by atoms with Crippen LogP contribution < -0.4 is 33.2 Å². The minimum absolute atomic E-state index is 0.0758. The summed E-state index contributed by atoms with van der Waals surface area (Å²) in [5.74, 6) is -7.18. The molecule has 11 N–H and O–H groups in total. The fourth-order valence-electron chi connectivity index (χ4n) is 2.53. The largest absolute Gasteiger partial charge is 0.481 e. The number of carbonyl (C=O) groups excluding carboxylic acids is 5. The van der Waals surface area contributed by atoms with Gasteiger partial charge in [-0.3, -0.25) is 28.8 Å². The molecule has 0 aromatic heterocycles. The van der Waals surface area contributed by atoms with E-state index >= 15 is 0 Å².